The maximum Gasteiger partial charge on any atom is 0.190 e. The van der Waals surface area contributed by atoms with E-state index < -0.39 is 22.2 Å². The minimum Gasteiger partial charge on any atom is -0.227 e. The molecule has 1 saturated heterocycles. The predicted octanol–water partition coefficient (Wildman–Crippen LogP) is -1.26. The van der Waals surface area contributed by atoms with Gasteiger partial charge >= 0.3 is 0 Å². The van der Waals surface area contributed by atoms with Gasteiger partial charge in [-0.1, -0.05) is 0 Å². The van der Waals surface area contributed by atoms with Gasteiger partial charge in [-0.2, -0.15) is 8.57 Å². The molecule has 0 aromatic carbocycles. The Kier molecular flexibility index (Phi) is 2.08. The van der Waals surface area contributed by atoms with Crippen molar-refractivity contribution < 1.29 is 17.0 Å². The van der Waals surface area contributed by atoms with E-state index in [2.05, 4.69) is 8.57 Å². The van der Waals surface area contributed by atoms with Crippen LogP contribution < -0.4 is 5.64 Å². The second-order valence-electron chi connectivity index (χ2n) is 0.975. The van der Waals surface area contributed by atoms with Gasteiger partial charge in [0, 0.05) is 0 Å². The zero-order valence-electron chi connectivity index (χ0n) is 3.66. The second-order valence-corrected chi connectivity index (χ2v) is 3.47. The quantitative estimate of drug-likeness (QED) is 0.475. The third-order valence-electron chi connectivity index (χ3n) is 0.446. The maximum absolute atomic E-state index is 10.2. The summed E-state index contributed by atoms with van der Waals surface area (Å²) in [6.45, 7) is 0. The van der Waals surface area contributed by atoms with Crippen molar-refractivity contribution in [3.63, 3.8) is 0 Å². The number of rotatable bonds is 0. The molecule has 0 amide bonds. The van der Waals surface area contributed by atoms with Gasteiger partial charge in [-0.3, -0.25) is 0 Å². The molecule has 2 unspecified atom stereocenters. The Hall–Kier alpha value is 0.180. The van der Waals surface area contributed by atoms with Crippen LogP contribution in [0.3, 0.4) is 0 Å². The summed E-state index contributed by atoms with van der Waals surface area (Å²) in [5.41, 5.74) is 1.78. The summed E-state index contributed by atoms with van der Waals surface area (Å²) in [7, 11) is 0. The summed E-state index contributed by atoms with van der Waals surface area (Å²) in [5.74, 6) is 0. The van der Waals surface area contributed by atoms with Gasteiger partial charge in [0.1, 0.15) is 0 Å². The van der Waals surface area contributed by atoms with E-state index in [0.29, 0.717) is 0 Å². The summed E-state index contributed by atoms with van der Waals surface area (Å²) >= 11 is -3.01. The molecule has 0 aliphatic carbocycles. The Morgan fingerprint density at radius 1 is 1.25 bits per heavy atom. The molecule has 48 valence electrons. The number of hydrogen-bond acceptors (Lipinski definition) is 5. The number of nitrogens with one attached hydrogen (secondary N) is 1. The van der Waals surface area contributed by atoms with E-state index in [0.717, 1.165) is 0 Å². The van der Waals surface area contributed by atoms with Gasteiger partial charge in [0.15, 0.2) is 27.2 Å². The van der Waals surface area contributed by atoms with Crippen molar-refractivity contribution in [3.05, 3.63) is 0 Å². The zero-order chi connectivity index (χ0) is 5.98. The van der Waals surface area contributed by atoms with Gasteiger partial charge in [0.2, 0.25) is 0 Å². The van der Waals surface area contributed by atoms with Crippen molar-refractivity contribution in [2.75, 3.05) is 5.08 Å². The van der Waals surface area contributed by atoms with Crippen LogP contribution in [-0.2, 0) is 30.7 Å². The summed E-state index contributed by atoms with van der Waals surface area (Å²) < 4.78 is 28.8. The Morgan fingerprint density at radius 2 is 1.75 bits per heavy atom. The summed E-state index contributed by atoms with van der Waals surface area (Å²) in [6.07, 6.45) is 0. The average Bonchev–Trinajstić information content (AvgIpc) is 1.64. The highest BCUT2D eigenvalue weighted by atomic mass is 32.3. The molecular formula is CH3NO4S2. The average molecular weight is 157 g/mol. The molecule has 5 nitrogen and oxygen atoms in total. The molecule has 1 aliphatic heterocycles. The largest absolute Gasteiger partial charge is 0.227 e. The Balaban J connectivity index is 2.45. The fourth-order valence-electron chi connectivity index (χ4n) is 0.216. The predicted molar refractivity (Wildman–Crippen MR) is 26.5 cm³/mol. The first-order chi connectivity index (χ1) is 3.79. The lowest BCUT2D eigenvalue weighted by atomic mass is 11.9. The molecule has 0 bridgehead atoms. The van der Waals surface area contributed by atoms with Gasteiger partial charge in [-0.15, -0.1) is 0 Å². The van der Waals surface area contributed by atoms with Crippen molar-refractivity contribution in [1.29, 1.82) is 0 Å². The van der Waals surface area contributed by atoms with Crippen LogP contribution in [0.1, 0.15) is 0 Å². The fourth-order valence-corrected chi connectivity index (χ4v) is 1.49. The fraction of sp³-hybridized carbons (Fsp3) is 1.00. The van der Waals surface area contributed by atoms with Crippen LogP contribution in [0.15, 0.2) is 0 Å². The Morgan fingerprint density at radius 3 is 2.00 bits per heavy atom. The zero-order valence-corrected chi connectivity index (χ0v) is 5.29. The van der Waals surface area contributed by atoms with Gasteiger partial charge in [0.25, 0.3) is 0 Å². The lowest BCUT2D eigenvalue weighted by molar-refractivity contribution is -0.000484. The van der Waals surface area contributed by atoms with E-state index in [9.17, 15) is 8.42 Å². The molecule has 0 spiro atoms. The Bertz CT molecular complexity index is 120. The Labute approximate surface area is 50.6 Å². The van der Waals surface area contributed by atoms with Crippen molar-refractivity contribution >= 4 is 22.2 Å². The first-order valence-electron chi connectivity index (χ1n) is 1.65. The van der Waals surface area contributed by atoms with E-state index in [1.807, 2.05) is 0 Å². The highest BCUT2D eigenvalue weighted by Gasteiger charge is 2.14. The van der Waals surface area contributed by atoms with Crippen LogP contribution in [0.5, 0.6) is 0 Å². The van der Waals surface area contributed by atoms with Gasteiger partial charge < -0.3 is 0 Å². The van der Waals surface area contributed by atoms with E-state index in [-0.39, 0.29) is 5.08 Å². The molecule has 1 N–H and O–H groups in total. The van der Waals surface area contributed by atoms with Crippen molar-refractivity contribution in [1.82, 2.24) is 5.64 Å². The van der Waals surface area contributed by atoms with E-state index >= 15 is 0 Å². The van der Waals surface area contributed by atoms with Crippen LogP contribution in [0, 0.1) is 0 Å². The topological polar surface area (TPSA) is 64.6 Å². The third kappa shape index (κ3) is 1.60. The third-order valence-corrected chi connectivity index (χ3v) is 2.49. The molecule has 8 heavy (non-hydrogen) atoms. The molecule has 1 heterocycles. The first-order valence-corrected chi connectivity index (χ1v) is 4.14. The molecule has 1 aliphatic rings. The van der Waals surface area contributed by atoms with Crippen molar-refractivity contribution in [2.45, 2.75) is 0 Å². The SMILES string of the molecule is O=S1CS(=O)ONO1. The van der Waals surface area contributed by atoms with Crippen LogP contribution in [0.25, 0.3) is 0 Å². The maximum atomic E-state index is 10.2. The molecule has 2 atom stereocenters. The molecule has 1 rings (SSSR count). The minimum absolute atomic E-state index is 0.0903. The van der Waals surface area contributed by atoms with Crippen LogP contribution in [0.2, 0.25) is 0 Å². The normalized spacial score (nSPS) is 39.5. The minimum atomic E-state index is -1.51. The number of hydrogen-bond donors (Lipinski definition) is 1. The van der Waals surface area contributed by atoms with Crippen LogP contribution >= 0.6 is 0 Å². The molecule has 0 saturated carbocycles. The lowest BCUT2D eigenvalue weighted by Crippen LogP contribution is -2.28. The smallest absolute Gasteiger partial charge is 0.190 e. The highest BCUT2D eigenvalue weighted by Crippen LogP contribution is 1.95. The summed E-state index contributed by atoms with van der Waals surface area (Å²) in [6, 6.07) is 0. The van der Waals surface area contributed by atoms with Gasteiger partial charge in [0.05, 0.1) is 0 Å². The molecular weight excluding hydrogens is 154 g/mol. The van der Waals surface area contributed by atoms with Crippen LogP contribution in [0.4, 0.5) is 0 Å². The first kappa shape index (κ1) is 6.30. The van der Waals surface area contributed by atoms with Crippen molar-refractivity contribution in [2.24, 2.45) is 0 Å². The monoisotopic (exact) mass is 157 g/mol. The van der Waals surface area contributed by atoms with Gasteiger partial charge in [-0.05, 0) is 5.64 Å². The molecule has 0 aromatic heterocycles. The molecule has 0 radical (unpaired) electrons. The van der Waals surface area contributed by atoms with E-state index in [1.165, 1.54) is 0 Å². The molecule has 0 aromatic rings. The van der Waals surface area contributed by atoms with Crippen LogP contribution in [-0.4, -0.2) is 13.5 Å². The van der Waals surface area contributed by atoms with Gasteiger partial charge in [-0.25, -0.2) is 8.42 Å². The van der Waals surface area contributed by atoms with E-state index in [1.54, 1.807) is 5.64 Å². The lowest BCUT2D eigenvalue weighted by Gasteiger charge is -2.07. The second kappa shape index (κ2) is 2.65. The summed E-state index contributed by atoms with van der Waals surface area (Å²) in [4.78, 5) is 0. The summed E-state index contributed by atoms with van der Waals surface area (Å²) in [5, 5.41) is -0.0903. The molecule has 1 fully saturated rings. The highest BCUT2D eigenvalue weighted by molar-refractivity contribution is 7.97. The van der Waals surface area contributed by atoms with Crippen molar-refractivity contribution in [3.8, 4) is 0 Å². The molecule has 7 heteroatoms. The standard InChI is InChI=1S/CH3NO4S2/c3-7-1-8(4)6-2-5-7/h2H,1H2. The van der Waals surface area contributed by atoms with E-state index in [4.69, 9.17) is 0 Å².